The van der Waals surface area contributed by atoms with Gasteiger partial charge in [-0.3, -0.25) is 10.1 Å². The molecular weight excluding hydrogens is 254 g/mol. The summed E-state index contributed by atoms with van der Waals surface area (Å²) < 4.78 is 4.58. The summed E-state index contributed by atoms with van der Waals surface area (Å²) in [5, 5.41) is 19.7. The lowest BCUT2D eigenvalue weighted by Crippen LogP contribution is -2.15. The van der Waals surface area contributed by atoms with Crippen molar-refractivity contribution in [1.82, 2.24) is 0 Å². The lowest BCUT2D eigenvalue weighted by atomic mass is 10.1. The SMILES string of the molecule is CCOC(=O)C(=Cc1ccccc1[N+](=O)[O-])C(=O)O. The van der Waals surface area contributed by atoms with E-state index in [0.29, 0.717) is 0 Å². The van der Waals surface area contributed by atoms with E-state index in [4.69, 9.17) is 5.11 Å². The maximum Gasteiger partial charge on any atom is 0.345 e. The largest absolute Gasteiger partial charge is 0.477 e. The van der Waals surface area contributed by atoms with Crippen LogP contribution in [0.25, 0.3) is 6.08 Å². The summed E-state index contributed by atoms with van der Waals surface area (Å²) in [5.41, 5.74) is -0.917. The number of benzene rings is 1. The number of hydrogen-bond donors (Lipinski definition) is 1. The first-order chi connectivity index (χ1) is 8.97. The van der Waals surface area contributed by atoms with E-state index < -0.39 is 22.4 Å². The van der Waals surface area contributed by atoms with Crippen LogP contribution < -0.4 is 0 Å². The fraction of sp³-hybridized carbons (Fsp3) is 0.167. The fourth-order valence-electron chi connectivity index (χ4n) is 1.35. The molecule has 1 aromatic rings. The minimum atomic E-state index is -1.50. The molecule has 0 aliphatic carbocycles. The smallest absolute Gasteiger partial charge is 0.345 e. The average Bonchev–Trinajstić information content (AvgIpc) is 2.36. The van der Waals surface area contributed by atoms with Gasteiger partial charge in [0.05, 0.1) is 17.1 Å². The summed E-state index contributed by atoms with van der Waals surface area (Å²) in [4.78, 5) is 32.5. The first-order valence-electron chi connectivity index (χ1n) is 5.33. The van der Waals surface area contributed by atoms with Crippen LogP contribution in [0.4, 0.5) is 5.69 Å². The topological polar surface area (TPSA) is 107 Å². The number of carboxylic acid groups (broad SMARTS) is 1. The zero-order valence-electron chi connectivity index (χ0n) is 10.0. The van der Waals surface area contributed by atoms with Crippen LogP contribution in [-0.4, -0.2) is 28.6 Å². The molecule has 0 radical (unpaired) electrons. The molecule has 0 aliphatic heterocycles. The second-order valence-electron chi connectivity index (χ2n) is 3.40. The van der Waals surface area contributed by atoms with Crippen molar-refractivity contribution in [3.63, 3.8) is 0 Å². The van der Waals surface area contributed by atoms with Crippen molar-refractivity contribution in [2.75, 3.05) is 6.61 Å². The van der Waals surface area contributed by atoms with Gasteiger partial charge in [-0.25, -0.2) is 9.59 Å². The first kappa shape index (κ1) is 14.4. The normalized spacial score (nSPS) is 10.9. The van der Waals surface area contributed by atoms with E-state index in [0.717, 1.165) is 6.08 Å². The van der Waals surface area contributed by atoms with E-state index in [1.165, 1.54) is 31.2 Å². The molecule has 1 N–H and O–H groups in total. The van der Waals surface area contributed by atoms with E-state index in [2.05, 4.69) is 4.74 Å². The van der Waals surface area contributed by atoms with Gasteiger partial charge in [0.15, 0.2) is 0 Å². The number of para-hydroxylation sites is 1. The van der Waals surface area contributed by atoms with Crippen LogP contribution in [-0.2, 0) is 14.3 Å². The van der Waals surface area contributed by atoms with E-state index in [9.17, 15) is 19.7 Å². The monoisotopic (exact) mass is 265 g/mol. The van der Waals surface area contributed by atoms with E-state index in [1.54, 1.807) is 0 Å². The van der Waals surface area contributed by atoms with Gasteiger partial charge >= 0.3 is 11.9 Å². The van der Waals surface area contributed by atoms with Crippen LogP contribution in [0.2, 0.25) is 0 Å². The second-order valence-corrected chi connectivity index (χ2v) is 3.40. The molecule has 0 aliphatic rings. The van der Waals surface area contributed by atoms with Crippen molar-refractivity contribution < 1.29 is 24.4 Å². The molecule has 0 bridgehead atoms. The highest BCUT2D eigenvalue weighted by Crippen LogP contribution is 2.21. The molecule has 19 heavy (non-hydrogen) atoms. The molecule has 0 saturated heterocycles. The summed E-state index contributed by atoms with van der Waals surface area (Å²) in [6.45, 7) is 1.54. The number of ether oxygens (including phenoxy) is 1. The van der Waals surface area contributed by atoms with Crippen LogP contribution in [0, 0.1) is 10.1 Å². The van der Waals surface area contributed by atoms with Crippen molar-refractivity contribution in [2.45, 2.75) is 6.92 Å². The average molecular weight is 265 g/mol. The fourth-order valence-corrected chi connectivity index (χ4v) is 1.35. The number of nitro benzene ring substituents is 1. The summed E-state index contributed by atoms with van der Waals surface area (Å²) in [6.07, 6.45) is 0.929. The maximum atomic E-state index is 11.4. The van der Waals surface area contributed by atoms with E-state index in [-0.39, 0.29) is 17.9 Å². The molecule has 1 aromatic carbocycles. The van der Waals surface area contributed by atoms with E-state index in [1.807, 2.05) is 0 Å². The summed E-state index contributed by atoms with van der Waals surface area (Å²) in [5.74, 6) is -2.54. The molecular formula is C12H11NO6. The number of carbonyl (C=O) groups excluding carboxylic acids is 1. The summed E-state index contributed by atoms with van der Waals surface area (Å²) in [7, 11) is 0. The van der Waals surface area contributed by atoms with Gasteiger partial charge in [-0.15, -0.1) is 0 Å². The standard InChI is InChI=1S/C12H11NO6/c1-2-19-12(16)9(11(14)15)7-8-5-3-4-6-10(8)13(17)18/h3-7H,2H2,1H3,(H,14,15). The number of esters is 1. The molecule has 0 amide bonds. The van der Waals surface area contributed by atoms with E-state index >= 15 is 0 Å². The van der Waals surface area contributed by atoms with Gasteiger partial charge in [0.25, 0.3) is 5.69 Å². The zero-order valence-corrected chi connectivity index (χ0v) is 10.0. The predicted octanol–water partition coefficient (Wildman–Crippen LogP) is 1.63. The highest BCUT2D eigenvalue weighted by atomic mass is 16.6. The third kappa shape index (κ3) is 3.63. The molecule has 7 nitrogen and oxygen atoms in total. The van der Waals surface area contributed by atoms with Gasteiger partial charge in [-0.1, -0.05) is 12.1 Å². The quantitative estimate of drug-likeness (QED) is 0.216. The van der Waals surface area contributed by atoms with Crippen LogP contribution in [0.15, 0.2) is 29.8 Å². The molecule has 100 valence electrons. The molecule has 0 spiro atoms. The zero-order chi connectivity index (χ0) is 14.4. The van der Waals surface area contributed by atoms with Crippen LogP contribution in [0.3, 0.4) is 0 Å². The lowest BCUT2D eigenvalue weighted by molar-refractivity contribution is -0.385. The Hall–Kier alpha value is -2.70. The Morgan fingerprint density at radius 2 is 2.05 bits per heavy atom. The van der Waals surface area contributed by atoms with Crippen molar-refractivity contribution in [3.05, 3.63) is 45.5 Å². The Morgan fingerprint density at radius 1 is 1.42 bits per heavy atom. The molecule has 0 atom stereocenters. The third-order valence-corrected chi connectivity index (χ3v) is 2.16. The van der Waals surface area contributed by atoms with Crippen molar-refractivity contribution >= 4 is 23.7 Å². The van der Waals surface area contributed by atoms with Crippen molar-refractivity contribution in [3.8, 4) is 0 Å². The highest BCUT2D eigenvalue weighted by molar-refractivity contribution is 6.17. The first-order valence-corrected chi connectivity index (χ1v) is 5.33. The number of nitro groups is 1. The third-order valence-electron chi connectivity index (χ3n) is 2.16. The molecule has 0 aromatic heterocycles. The van der Waals surface area contributed by atoms with Crippen molar-refractivity contribution in [2.24, 2.45) is 0 Å². The van der Waals surface area contributed by atoms with Crippen molar-refractivity contribution in [1.29, 1.82) is 0 Å². The van der Waals surface area contributed by atoms with Gasteiger partial charge in [0, 0.05) is 6.07 Å². The predicted molar refractivity (Wildman–Crippen MR) is 65.3 cm³/mol. The number of carbonyl (C=O) groups is 2. The maximum absolute atomic E-state index is 11.4. The molecule has 0 saturated carbocycles. The molecule has 7 heteroatoms. The van der Waals surface area contributed by atoms with Gasteiger partial charge in [0.2, 0.25) is 0 Å². The van der Waals surface area contributed by atoms with Gasteiger partial charge in [0.1, 0.15) is 5.57 Å². The number of carboxylic acids is 1. The number of nitrogens with zero attached hydrogens (tertiary/aromatic N) is 1. The number of aliphatic carboxylic acids is 1. The Kier molecular flexibility index (Phi) is 4.76. The Bertz CT molecular complexity index is 549. The molecule has 0 unspecified atom stereocenters. The molecule has 1 rings (SSSR count). The minimum absolute atomic E-state index is 0.0142. The van der Waals surface area contributed by atoms with Crippen LogP contribution in [0.5, 0.6) is 0 Å². The minimum Gasteiger partial charge on any atom is -0.477 e. The molecule has 0 fully saturated rings. The molecule has 0 heterocycles. The Labute approximate surface area is 108 Å². The Balaban J connectivity index is 3.27. The summed E-state index contributed by atoms with van der Waals surface area (Å²) >= 11 is 0. The highest BCUT2D eigenvalue weighted by Gasteiger charge is 2.21. The van der Waals surface area contributed by atoms with Gasteiger partial charge in [-0.2, -0.15) is 0 Å². The lowest BCUT2D eigenvalue weighted by Gasteiger charge is -2.03. The Morgan fingerprint density at radius 3 is 2.58 bits per heavy atom. The number of rotatable bonds is 5. The number of hydrogen-bond acceptors (Lipinski definition) is 5. The van der Waals surface area contributed by atoms with Crippen LogP contribution >= 0.6 is 0 Å². The summed E-state index contributed by atoms with van der Waals surface area (Å²) in [6, 6.07) is 5.51. The van der Waals surface area contributed by atoms with Crippen LogP contribution in [0.1, 0.15) is 12.5 Å². The van der Waals surface area contributed by atoms with Gasteiger partial charge in [-0.05, 0) is 19.1 Å². The van der Waals surface area contributed by atoms with Gasteiger partial charge < -0.3 is 9.84 Å². The second kappa shape index (κ2) is 6.29.